The highest BCUT2D eigenvalue weighted by Gasteiger charge is 2.46. The molecule has 0 aliphatic carbocycles. The average Bonchev–Trinajstić information content (AvgIpc) is 3.28. The minimum Gasteiger partial charge on any atom is -0.347 e. The fraction of sp³-hybridized carbons (Fsp3) is 0.389. The van der Waals surface area contributed by atoms with E-state index >= 15 is 0 Å². The molecule has 1 aromatic heterocycles. The smallest absolute Gasteiger partial charge is 0.253 e. The van der Waals surface area contributed by atoms with Crippen LogP contribution in [0.25, 0.3) is 11.3 Å². The summed E-state index contributed by atoms with van der Waals surface area (Å²) in [5.74, 6) is -0.183. The van der Waals surface area contributed by atoms with Gasteiger partial charge in [-0.05, 0) is 37.5 Å². The lowest BCUT2D eigenvalue weighted by Crippen LogP contribution is -2.43. The summed E-state index contributed by atoms with van der Waals surface area (Å²) in [6.07, 6.45) is 6.79. The largest absolute Gasteiger partial charge is 0.347 e. The summed E-state index contributed by atoms with van der Waals surface area (Å²) in [5, 5.41) is 16.9. The van der Waals surface area contributed by atoms with Gasteiger partial charge in [-0.25, -0.2) is 0 Å². The van der Waals surface area contributed by atoms with E-state index in [0.29, 0.717) is 10.6 Å². The molecule has 4 rings (SSSR count). The molecule has 0 radical (unpaired) electrons. The molecule has 0 saturated carbocycles. The molecule has 3 heterocycles. The number of hydrogen-bond acceptors (Lipinski definition) is 4. The van der Waals surface area contributed by atoms with Crippen LogP contribution in [0.1, 0.15) is 29.6 Å². The van der Waals surface area contributed by atoms with Crippen LogP contribution in [0.4, 0.5) is 0 Å². The van der Waals surface area contributed by atoms with Crippen molar-refractivity contribution in [2.45, 2.75) is 37.4 Å². The van der Waals surface area contributed by atoms with Crippen LogP contribution in [0.5, 0.6) is 0 Å². The third-order valence-corrected chi connectivity index (χ3v) is 5.61. The number of nitrogens with one attached hydrogen (secondary N) is 1. The SMILES string of the molecule is Cn1nccc1-c1ccc(C(=O)N[C@@H]2C[C@@H]3CC[C@H]2N3C#N)c(Cl)c1. The van der Waals surface area contributed by atoms with Gasteiger partial charge in [0.15, 0.2) is 6.19 Å². The fourth-order valence-electron chi connectivity index (χ4n) is 4.06. The highest BCUT2D eigenvalue weighted by molar-refractivity contribution is 6.34. The molecule has 2 aliphatic rings. The van der Waals surface area contributed by atoms with Gasteiger partial charge in [-0.2, -0.15) is 10.4 Å². The Morgan fingerprint density at radius 2 is 2.24 bits per heavy atom. The van der Waals surface area contributed by atoms with Gasteiger partial charge in [-0.15, -0.1) is 0 Å². The number of aromatic nitrogens is 2. The highest BCUT2D eigenvalue weighted by atomic mass is 35.5. The van der Waals surface area contributed by atoms with Crippen molar-refractivity contribution in [3.05, 3.63) is 41.0 Å². The number of aryl methyl sites for hydroxylation is 1. The zero-order valence-electron chi connectivity index (χ0n) is 13.8. The Labute approximate surface area is 151 Å². The van der Waals surface area contributed by atoms with Crippen LogP contribution in [0, 0.1) is 11.5 Å². The van der Waals surface area contributed by atoms with Crippen molar-refractivity contribution in [2.75, 3.05) is 0 Å². The molecular weight excluding hydrogens is 338 g/mol. The lowest BCUT2D eigenvalue weighted by atomic mass is 9.95. The van der Waals surface area contributed by atoms with Crippen molar-refractivity contribution < 1.29 is 4.79 Å². The fourth-order valence-corrected chi connectivity index (χ4v) is 4.33. The molecule has 2 bridgehead atoms. The zero-order valence-corrected chi connectivity index (χ0v) is 14.6. The number of carbonyl (C=O) groups is 1. The van der Waals surface area contributed by atoms with Crippen molar-refractivity contribution in [1.82, 2.24) is 20.0 Å². The Morgan fingerprint density at radius 3 is 2.88 bits per heavy atom. The van der Waals surface area contributed by atoms with Crippen LogP contribution in [-0.4, -0.2) is 38.7 Å². The Kier molecular flexibility index (Phi) is 3.89. The van der Waals surface area contributed by atoms with E-state index < -0.39 is 0 Å². The molecule has 2 aliphatic heterocycles. The number of benzene rings is 1. The van der Waals surface area contributed by atoms with E-state index in [0.717, 1.165) is 30.5 Å². The molecule has 2 fully saturated rings. The predicted molar refractivity (Wildman–Crippen MR) is 93.8 cm³/mol. The number of carbonyl (C=O) groups excluding carboxylic acids is 1. The van der Waals surface area contributed by atoms with Crippen molar-refractivity contribution in [3.8, 4) is 17.5 Å². The maximum atomic E-state index is 12.6. The molecule has 1 N–H and O–H groups in total. The van der Waals surface area contributed by atoms with E-state index in [4.69, 9.17) is 11.6 Å². The van der Waals surface area contributed by atoms with Gasteiger partial charge in [0.1, 0.15) is 0 Å². The first-order valence-electron chi connectivity index (χ1n) is 8.35. The van der Waals surface area contributed by atoms with Crippen molar-refractivity contribution in [2.24, 2.45) is 7.05 Å². The minimum absolute atomic E-state index is 0.0127. The van der Waals surface area contributed by atoms with E-state index in [1.807, 2.05) is 24.1 Å². The maximum absolute atomic E-state index is 12.6. The molecule has 2 aromatic rings. The number of fused-ring (bicyclic) bond motifs is 2. The van der Waals surface area contributed by atoms with Crippen LogP contribution in [0.3, 0.4) is 0 Å². The van der Waals surface area contributed by atoms with E-state index in [2.05, 4.69) is 16.6 Å². The molecule has 128 valence electrons. The second-order valence-corrected chi connectivity index (χ2v) is 7.06. The summed E-state index contributed by atoms with van der Waals surface area (Å²) in [5.41, 5.74) is 2.31. The second-order valence-electron chi connectivity index (χ2n) is 6.66. The number of rotatable bonds is 3. The molecule has 2 saturated heterocycles. The standard InChI is InChI=1S/C18H18ClN5O/c1-23-16(6-7-21-23)11-2-4-13(14(19)8-11)18(25)22-15-9-12-3-5-17(15)24(12)10-20/h2,4,6-8,12,15,17H,3,5,9H2,1H3,(H,22,25)/t12-,15+,17+/m0/s1. The van der Waals surface area contributed by atoms with Gasteiger partial charge in [-0.1, -0.05) is 17.7 Å². The topological polar surface area (TPSA) is 74.0 Å². The number of halogens is 1. The molecule has 0 spiro atoms. The Bertz CT molecular complexity index is 871. The first-order chi connectivity index (χ1) is 12.1. The van der Waals surface area contributed by atoms with Gasteiger partial charge in [0.05, 0.1) is 28.4 Å². The summed E-state index contributed by atoms with van der Waals surface area (Å²) in [4.78, 5) is 14.5. The quantitative estimate of drug-likeness (QED) is 0.859. The zero-order chi connectivity index (χ0) is 17.6. The number of nitrogens with zero attached hydrogens (tertiary/aromatic N) is 4. The first kappa shape index (κ1) is 16.0. The van der Waals surface area contributed by atoms with Gasteiger partial charge in [0.25, 0.3) is 5.91 Å². The van der Waals surface area contributed by atoms with Gasteiger partial charge in [-0.3, -0.25) is 9.48 Å². The summed E-state index contributed by atoms with van der Waals surface area (Å²) in [6.45, 7) is 0. The maximum Gasteiger partial charge on any atom is 0.253 e. The molecular formula is C18H18ClN5O. The van der Waals surface area contributed by atoms with Gasteiger partial charge < -0.3 is 10.2 Å². The van der Waals surface area contributed by atoms with Crippen LogP contribution >= 0.6 is 11.6 Å². The molecule has 1 aromatic carbocycles. The number of hydrogen-bond donors (Lipinski definition) is 1. The third-order valence-electron chi connectivity index (χ3n) is 5.30. The molecule has 6 nitrogen and oxygen atoms in total. The Morgan fingerprint density at radius 1 is 1.40 bits per heavy atom. The highest BCUT2D eigenvalue weighted by Crippen LogP contribution is 2.37. The van der Waals surface area contributed by atoms with Gasteiger partial charge in [0, 0.05) is 24.8 Å². The van der Waals surface area contributed by atoms with Crippen molar-refractivity contribution in [1.29, 1.82) is 5.26 Å². The lowest BCUT2D eigenvalue weighted by Gasteiger charge is -2.22. The lowest BCUT2D eigenvalue weighted by molar-refractivity contribution is 0.0928. The van der Waals surface area contributed by atoms with Crippen LogP contribution < -0.4 is 5.32 Å². The van der Waals surface area contributed by atoms with E-state index in [1.165, 1.54) is 0 Å². The molecule has 25 heavy (non-hydrogen) atoms. The summed E-state index contributed by atoms with van der Waals surface area (Å²) in [6, 6.07) is 7.70. The number of amides is 1. The minimum atomic E-state index is -0.183. The van der Waals surface area contributed by atoms with Gasteiger partial charge in [0.2, 0.25) is 0 Å². The number of nitriles is 1. The van der Waals surface area contributed by atoms with Gasteiger partial charge >= 0.3 is 0 Å². The second kappa shape index (κ2) is 6.08. The van der Waals surface area contributed by atoms with Crippen LogP contribution in [0.15, 0.2) is 30.5 Å². The normalized spacial score (nSPS) is 24.4. The Hall–Kier alpha value is -2.52. The molecule has 0 unspecified atom stereocenters. The molecule has 7 heteroatoms. The predicted octanol–water partition coefficient (Wildman–Crippen LogP) is 2.56. The van der Waals surface area contributed by atoms with Crippen molar-refractivity contribution in [3.63, 3.8) is 0 Å². The van der Waals surface area contributed by atoms with E-state index in [1.54, 1.807) is 23.0 Å². The summed E-state index contributed by atoms with van der Waals surface area (Å²) >= 11 is 6.36. The van der Waals surface area contributed by atoms with Crippen molar-refractivity contribution >= 4 is 17.5 Å². The monoisotopic (exact) mass is 355 g/mol. The van der Waals surface area contributed by atoms with E-state index in [9.17, 15) is 10.1 Å². The Balaban J connectivity index is 1.52. The average molecular weight is 356 g/mol. The summed E-state index contributed by atoms with van der Waals surface area (Å²) in [7, 11) is 1.86. The summed E-state index contributed by atoms with van der Waals surface area (Å²) < 4.78 is 1.76. The van der Waals surface area contributed by atoms with E-state index in [-0.39, 0.29) is 24.0 Å². The van der Waals surface area contributed by atoms with Crippen LogP contribution in [-0.2, 0) is 7.05 Å². The first-order valence-corrected chi connectivity index (χ1v) is 8.73. The third kappa shape index (κ3) is 2.65. The molecule has 3 atom stereocenters. The van der Waals surface area contributed by atoms with Crippen LogP contribution in [0.2, 0.25) is 5.02 Å². The molecule has 1 amide bonds.